The van der Waals surface area contributed by atoms with E-state index in [1.54, 1.807) is 13.0 Å². The normalized spacial score (nSPS) is 16.2. The molecule has 0 aliphatic carbocycles. The number of methoxy groups -OCH3 is 1. The summed E-state index contributed by atoms with van der Waals surface area (Å²) in [6.07, 6.45) is 3.31. The van der Waals surface area contributed by atoms with Crippen LogP contribution in [-0.2, 0) is 19.1 Å². The molecule has 154 valence electrons. The van der Waals surface area contributed by atoms with Gasteiger partial charge in [0.15, 0.2) is 0 Å². The van der Waals surface area contributed by atoms with Gasteiger partial charge in [0.2, 0.25) is 0 Å². The lowest BCUT2D eigenvalue weighted by Crippen LogP contribution is -2.34. The van der Waals surface area contributed by atoms with E-state index in [1.807, 2.05) is 6.26 Å². The van der Waals surface area contributed by atoms with Crippen molar-refractivity contribution in [2.45, 2.75) is 12.8 Å². The van der Waals surface area contributed by atoms with Crippen molar-refractivity contribution in [3.63, 3.8) is 0 Å². The van der Waals surface area contributed by atoms with Crippen LogP contribution in [0.1, 0.15) is 18.4 Å². The molecule has 1 aromatic carbocycles. The van der Waals surface area contributed by atoms with E-state index in [9.17, 15) is 19.7 Å². The summed E-state index contributed by atoms with van der Waals surface area (Å²) in [7, 11) is 1.24. The number of carbonyl (C=O) groups is 2. The molecule has 1 atom stereocenters. The number of esters is 2. The Hall–Kier alpha value is -3.07. The van der Waals surface area contributed by atoms with Gasteiger partial charge in [-0.15, -0.1) is 0 Å². The Morgan fingerprint density at radius 1 is 1.34 bits per heavy atom. The van der Waals surface area contributed by atoms with Gasteiger partial charge in [-0.25, -0.2) is 9.59 Å². The number of rotatable bonds is 8. The minimum Gasteiger partial charge on any atom is -0.466 e. The van der Waals surface area contributed by atoms with Crippen molar-refractivity contribution in [3.05, 3.63) is 75.1 Å². The van der Waals surface area contributed by atoms with Crippen LogP contribution in [0.15, 0.2) is 59.5 Å². The van der Waals surface area contributed by atoms with Crippen molar-refractivity contribution in [1.82, 2.24) is 5.32 Å². The molecule has 1 heterocycles. The predicted octanol–water partition coefficient (Wildman–Crippen LogP) is 3.07. The van der Waals surface area contributed by atoms with Gasteiger partial charge < -0.3 is 14.8 Å². The first-order valence-corrected chi connectivity index (χ1v) is 10.1. The topological polar surface area (TPSA) is 108 Å². The molecule has 0 radical (unpaired) electrons. The van der Waals surface area contributed by atoms with Crippen molar-refractivity contribution in [2.75, 3.05) is 25.7 Å². The number of thioether (sulfide) groups is 1. The summed E-state index contributed by atoms with van der Waals surface area (Å²) < 4.78 is 10.2. The molecular weight excluding hydrogens is 396 g/mol. The summed E-state index contributed by atoms with van der Waals surface area (Å²) in [6.45, 7) is 5.23. The maximum Gasteiger partial charge on any atom is 0.337 e. The van der Waals surface area contributed by atoms with Gasteiger partial charge in [-0.05, 0) is 18.7 Å². The van der Waals surface area contributed by atoms with E-state index in [0.717, 1.165) is 0 Å². The molecule has 0 amide bonds. The quantitative estimate of drug-likeness (QED) is 0.297. The zero-order chi connectivity index (χ0) is 21.6. The number of dihydropyridines is 1. The molecular formula is C20H22N2O6S. The van der Waals surface area contributed by atoms with Crippen LogP contribution in [0, 0.1) is 10.1 Å². The second-order valence-corrected chi connectivity index (χ2v) is 7.02. The molecule has 1 aromatic rings. The first-order valence-electron chi connectivity index (χ1n) is 8.66. The minimum absolute atomic E-state index is 0.00715. The Morgan fingerprint density at radius 3 is 2.66 bits per heavy atom. The molecule has 1 aliphatic heterocycles. The zero-order valence-corrected chi connectivity index (χ0v) is 17.2. The van der Waals surface area contributed by atoms with Crippen LogP contribution in [0.3, 0.4) is 0 Å². The zero-order valence-electron chi connectivity index (χ0n) is 16.4. The highest BCUT2D eigenvalue weighted by Crippen LogP contribution is 2.40. The fraction of sp³-hybridized carbons (Fsp3) is 0.300. The van der Waals surface area contributed by atoms with Gasteiger partial charge in [0.1, 0.15) is 6.61 Å². The molecule has 8 nitrogen and oxygen atoms in total. The molecule has 1 unspecified atom stereocenters. The average Bonchev–Trinajstić information content (AvgIpc) is 2.71. The highest BCUT2D eigenvalue weighted by Gasteiger charge is 2.39. The first-order chi connectivity index (χ1) is 13.8. The van der Waals surface area contributed by atoms with Gasteiger partial charge in [0, 0.05) is 29.3 Å². The molecule has 0 fully saturated rings. The Morgan fingerprint density at radius 2 is 2.07 bits per heavy atom. The number of allylic oxidation sites excluding steroid dienone is 1. The maximum absolute atomic E-state index is 12.9. The van der Waals surface area contributed by atoms with E-state index in [2.05, 4.69) is 11.9 Å². The summed E-state index contributed by atoms with van der Waals surface area (Å²) in [5, 5.41) is 14.4. The summed E-state index contributed by atoms with van der Waals surface area (Å²) in [6, 6.07) is 5.85. The van der Waals surface area contributed by atoms with Crippen molar-refractivity contribution in [3.8, 4) is 0 Å². The summed E-state index contributed by atoms with van der Waals surface area (Å²) in [4.78, 5) is 36.2. The number of hydrogen-bond acceptors (Lipinski definition) is 8. The third-order valence-corrected chi connectivity index (χ3v) is 4.88. The third kappa shape index (κ3) is 4.86. The van der Waals surface area contributed by atoms with Gasteiger partial charge >= 0.3 is 11.9 Å². The number of carbonyl (C=O) groups excluding carboxylic acids is 2. The van der Waals surface area contributed by atoms with Gasteiger partial charge in [-0.2, -0.15) is 11.8 Å². The van der Waals surface area contributed by atoms with Gasteiger partial charge in [0.25, 0.3) is 5.69 Å². The monoisotopic (exact) mass is 418 g/mol. The molecule has 0 bridgehead atoms. The molecule has 29 heavy (non-hydrogen) atoms. The third-order valence-electron chi connectivity index (χ3n) is 4.31. The number of hydrogen-bond donors (Lipinski definition) is 1. The van der Waals surface area contributed by atoms with Crippen molar-refractivity contribution in [2.24, 2.45) is 0 Å². The molecule has 1 aliphatic rings. The Bertz CT molecular complexity index is 906. The van der Waals surface area contributed by atoms with Crippen molar-refractivity contribution >= 4 is 29.4 Å². The van der Waals surface area contributed by atoms with E-state index < -0.39 is 22.8 Å². The number of nitrogens with one attached hydrogen (secondary N) is 1. The van der Waals surface area contributed by atoms with E-state index in [1.165, 1.54) is 43.1 Å². The molecule has 0 saturated heterocycles. The van der Waals surface area contributed by atoms with Crippen molar-refractivity contribution < 1.29 is 24.0 Å². The van der Waals surface area contributed by atoms with E-state index in [-0.39, 0.29) is 23.4 Å². The first kappa shape index (κ1) is 22.2. The van der Waals surface area contributed by atoms with Crippen LogP contribution in [0.25, 0.3) is 0 Å². The summed E-state index contributed by atoms with van der Waals surface area (Å²) in [5.74, 6) is -1.69. The number of ether oxygens (including phenoxy) is 2. The van der Waals surface area contributed by atoms with Crippen LogP contribution < -0.4 is 5.32 Å². The van der Waals surface area contributed by atoms with Gasteiger partial charge in [-0.3, -0.25) is 10.1 Å². The molecule has 0 saturated carbocycles. The highest BCUT2D eigenvalue weighted by molar-refractivity contribution is 7.98. The average molecular weight is 418 g/mol. The lowest BCUT2D eigenvalue weighted by atomic mass is 9.80. The second kappa shape index (κ2) is 9.92. The minimum atomic E-state index is -0.872. The lowest BCUT2D eigenvalue weighted by molar-refractivity contribution is -0.384. The smallest absolute Gasteiger partial charge is 0.337 e. The molecule has 9 heteroatoms. The standard InChI is InChI=1S/C20H22N2O6S/c1-5-9-28-20(24)18-15(11-29-4)21-12(2)16(19(23)27-3)17(18)13-7-6-8-14(10-13)22(25)26/h5-8,10,17,21H,1,9,11H2,2-4H3. The Labute approximate surface area is 172 Å². The fourth-order valence-corrected chi connectivity index (χ4v) is 3.66. The van der Waals surface area contributed by atoms with Crippen LogP contribution in [-0.4, -0.2) is 42.6 Å². The predicted molar refractivity (Wildman–Crippen MR) is 110 cm³/mol. The highest BCUT2D eigenvalue weighted by atomic mass is 32.2. The second-order valence-electron chi connectivity index (χ2n) is 6.15. The maximum atomic E-state index is 12.9. The van der Waals surface area contributed by atoms with E-state index in [0.29, 0.717) is 22.7 Å². The van der Waals surface area contributed by atoms with Crippen LogP contribution in [0.4, 0.5) is 5.69 Å². The number of nitrogens with zero attached hydrogens (tertiary/aromatic N) is 1. The SMILES string of the molecule is C=CCOC(=O)C1=C(CSC)NC(C)=C(C(=O)OC)C1c1cccc([N+](=O)[O-])c1. The lowest BCUT2D eigenvalue weighted by Gasteiger charge is -2.31. The number of benzene rings is 1. The molecule has 0 aromatic heterocycles. The molecule has 0 spiro atoms. The summed E-state index contributed by atoms with van der Waals surface area (Å²) in [5.41, 5.74) is 1.78. The number of non-ortho nitro benzene ring substituents is 1. The Balaban J connectivity index is 2.74. The van der Waals surface area contributed by atoms with Crippen LogP contribution in [0.2, 0.25) is 0 Å². The fourth-order valence-electron chi connectivity index (χ4n) is 3.14. The molecule has 1 N–H and O–H groups in total. The van der Waals surface area contributed by atoms with Crippen LogP contribution >= 0.6 is 11.8 Å². The largest absolute Gasteiger partial charge is 0.466 e. The number of nitro benzene ring substituents is 1. The van der Waals surface area contributed by atoms with Gasteiger partial charge in [-0.1, -0.05) is 24.8 Å². The summed E-state index contributed by atoms with van der Waals surface area (Å²) >= 11 is 1.48. The van der Waals surface area contributed by atoms with E-state index in [4.69, 9.17) is 9.47 Å². The van der Waals surface area contributed by atoms with Crippen LogP contribution in [0.5, 0.6) is 0 Å². The Kier molecular flexibility index (Phi) is 7.60. The van der Waals surface area contributed by atoms with E-state index >= 15 is 0 Å². The van der Waals surface area contributed by atoms with Crippen molar-refractivity contribution in [1.29, 1.82) is 0 Å². The van der Waals surface area contributed by atoms with Gasteiger partial charge in [0.05, 0.1) is 29.1 Å². The number of nitro groups is 1. The molecule has 2 rings (SSSR count).